The first-order chi connectivity index (χ1) is 16.5. The Labute approximate surface area is 199 Å². The maximum Gasteiger partial charge on any atom is 0.308 e. The molecule has 0 unspecified atom stereocenters. The molecule has 0 aliphatic carbocycles. The van der Waals surface area contributed by atoms with Crippen LogP contribution in [0.2, 0.25) is 0 Å². The van der Waals surface area contributed by atoms with Gasteiger partial charge in [0.1, 0.15) is 5.75 Å². The zero-order valence-electron chi connectivity index (χ0n) is 19.5. The van der Waals surface area contributed by atoms with Crippen molar-refractivity contribution < 1.29 is 19.7 Å². The zero-order chi connectivity index (χ0) is 23.9. The van der Waals surface area contributed by atoms with Crippen molar-refractivity contribution >= 4 is 16.9 Å². The maximum absolute atomic E-state index is 12.0. The van der Waals surface area contributed by atoms with Gasteiger partial charge in [0.25, 0.3) is 0 Å². The predicted molar refractivity (Wildman–Crippen MR) is 129 cm³/mol. The number of hydrogen-bond acceptors (Lipinski definition) is 7. The van der Waals surface area contributed by atoms with Crippen molar-refractivity contribution in [3.8, 4) is 5.75 Å². The second-order valence-corrected chi connectivity index (χ2v) is 8.97. The van der Waals surface area contributed by atoms with Gasteiger partial charge in [-0.1, -0.05) is 0 Å². The summed E-state index contributed by atoms with van der Waals surface area (Å²) in [5.74, 6) is -0.415. The molecule has 0 amide bonds. The van der Waals surface area contributed by atoms with E-state index in [9.17, 15) is 15.0 Å². The van der Waals surface area contributed by atoms with Crippen molar-refractivity contribution in [3.05, 3.63) is 60.3 Å². The van der Waals surface area contributed by atoms with E-state index in [0.717, 1.165) is 54.5 Å². The highest BCUT2D eigenvalue weighted by atomic mass is 16.5. The van der Waals surface area contributed by atoms with Gasteiger partial charge in [-0.3, -0.25) is 19.7 Å². The van der Waals surface area contributed by atoms with Crippen LogP contribution in [0.1, 0.15) is 43.0 Å². The number of carboxylic acid groups (broad SMARTS) is 1. The fraction of sp³-hybridized carbons (Fsp3) is 0.462. The fourth-order valence-corrected chi connectivity index (χ4v) is 4.93. The number of aryl methyl sites for hydroxylation is 1. The fourth-order valence-electron chi connectivity index (χ4n) is 4.93. The number of aliphatic hydroxyl groups is 1. The topological polar surface area (TPSA) is 109 Å². The van der Waals surface area contributed by atoms with Gasteiger partial charge in [0.2, 0.25) is 0 Å². The second kappa shape index (κ2) is 11.4. The van der Waals surface area contributed by atoms with Gasteiger partial charge in [-0.15, -0.1) is 0 Å². The highest BCUT2D eigenvalue weighted by Crippen LogP contribution is 2.33. The molecule has 180 valence electrons. The molecule has 8 heteroatoms. The van der Waals surface area contributed by atoms with Crippen molar-refractivity contribution in [2.24, 2.45) is 11.8 Å². The van der Waals surface area contributed by atoms with E-state index in [-0.39, 0.29) is 5.92 Å². The van der Waals surface area contributed by atoms with Gasteiger partial charge in [-0.2, -0.15) is 0 Å². The molecule has 3 atom stereocenters. The van der Waals surface area contributed by atoms with Crippen LogP contribution in [-0.4, -0.2) is 62.8 Å². The van der Waals surface area contributed by atoms with E-state index in [1.54, 1.807) is 31.9 Å². The Kier molecular flexibility index (Phi) is 8.03. The number of aliphatic hydroxyl groups excluding tert-OH is 1. The minimum absolute atomic E-state index is 0.0472. The Hall–Kier alpha value is -3.10. The Balaban J connectivity index is 1.34. The molecule has 34 heavy (non-hydrogen) atoms. The van der Waals surface area contributed by atoms with Crippen molar-refractivity contribution in [1.29, 1.82) is 0 Å². The molecule has 0 bridgehead atoms. The van der Waals surface area contributed by atoms with Crippen molar-refractivity contribution in [3.63, 3.8) is 0 Å². The second-order valence-electron chi connectivity index (χ2n) is 8.97. The predicted octanol–water partition coefficient (Wildman–Crippen LogP) is 3.50. The van der Waals surface area contributed by atoms with Gasteiger partial charge < -0.3 is 19.8 Å². The van der Waals surface area contributed by atoms with Crippen LogP contribution >= 0.6 is 0 Å². The number of ether oxygens (including phenoxy) is 1. The molecule has 0 saturated carbocycles. The summed E-state index contributed by atoms with van der Waals surface area (Å²) < 4.78 is 5.33. The summed E-state index contributed by atoms with van der Waals surface area (Å²) >= 11 is 0. The number of fused-ring (bicyclic) bond motifs is 1. The number of pyridine rings is 1. The summed E-state index contributed by atoms with van der Waals surface area (Å²) in [7, 11) is 1.61. The Bertz CT molecular complexity index is 1090. The van der Waals surface area contributed by atoms with Gasteiger partial charge >= 0.3 is 5.97 Å². The van der Waals surface area contributed by atoms with Crippen LogP contribution in [0.3, 0.4) is 0 Å². The molecule has 2 N–H and O–H groups in total. The van der Waals surface area contributed by atoms with E-state index >= 15 is 0 Å². The smallest absolute Gasteiger partial charge is 0.308 e. The number of rotatable bonds is 10. The van der Waals surface area contributed by atoms with Crippen LogP contribution in [0.5, 0.6) is 5.75 Å². The number of hydrogen-bond donors (Lipinski definition) is 2. The Morgan fingerprint density at radius 1 is 1.24 bits per heavy atom. The highest BCUT2D eigenvalue weighted by Gasteiger charge is 2.34. The molecular weight excluding hydrogens is 432 g/mol. The SMILES string of the molecule is COc1ccc2nccc([C@H](O)CC[C@@H]3CCN(CCCc4cnccn4)C[C@@H]3C(=O)O)c2c1. The van der Waals surface area contributed by atoms with Crippen molar-refractivity contribution in [2.75, 3.05) is 26.7 Å². The summed E-state index contributed by atoms with van der Waals surface area (Å²) in [5, 5.41) is 21.7. The van der Waals surface area contributed by atoms with Crippen LogP contribution in [0, 0.1) is 11.8 Å². The summed E-state index contributed by atoms with van der Waals surface area (Å²) in [4.78, 5) is 27.1. The van der Waals surface area contributed by atoms with Crippen LogP contribution < -0.4 is 4.74 Å². The molecule has 0 spiro atoms. The summed E-state index contributed by atoms with van der Waals surface area (Å²) in [6, 6.07) is 7.45. The summed E-state index contributed by atoms with van der Waals surface area (Å²) in [5.41, 5.74) is 2.56. The summed E-state index contributed by atoms with van der Waals surface area (Å²) in [6.45, 7) is 2.27. The normalized spacial score (nSPS) is 19.7. The number of carboxylic acids is 1. The van der Waals surface area contributed by atoms with Gasteiger partial charge in [0.05, 0.1) is 30.3 Å². The minimum Gasteiger partial charge on any atom is -0.497 e. The molecular formula is C26H32N4O4. The Morgan fingerprint density at radius 2 is 2.12 bits per heavy atom. The molecule has 3 aromatic rings. The van der Waals surface area contributed by atoms with E-state index in [1.165, 1.54) is 0 Å². The monoisotopic (exact) mass is 464 g/mol. The van der Waals surface area contributed by atoms with E-state index in [1.807, 2.05) is 24.3 Å². The maximum atomic E-state index is 12.0. The first-order valence-electron chi connectivity index (χ1n) is 11.9. The first kappa shape index (κ1) is 24.0. The lowest BCUT2D eigenvalue weighted by Crippen LogP contribution is -2.44. The van der Waals surface area contributed by atoms with E-state index in [0.29, 0.717) is 25.1 Å². The van der Waals surface area contributed by atoms with Crippen LogP contribution in [0.15, 0.2) is 49.1 Å². The molecule has 1 aliphatic rings. The number of aromatic nitrogens is 3. The lowest BCUT2D eigenvalue weighted by atomic mass is 9.81. The van der Waals surface area contributed by atoms with Gasteiger partial charge in [0.15, 0.2) is 0 Å². The van der Waals surface area contributed by atoms with Crippen molar-refractivity contribution in [1.82, 2.24) is 19.9 Å². The molecule has 0 radical (unpaired) electrons. The molecule has 1 saturated heterocycles. The number of methoxy groups -OCH3 is 1. The minimum atomic E-state index is -0.753. The molecule has 2 aromatic heterocycles. The van der Waals surface area contributed by atoms with Crippen molar-refractivity contribution in [2.45, 2.75) is 38.2 Å². The number of carbonyl (C=O) groups is 1. The van der Waals surface area contributed by atoms with Gasteiger partial charge in [-0.05, 0) is 80.9 Å². The van der Waals surface area contributed by atoms with E-state index in [4.69, 9.17) is 4.74 Å². The van der Waals surface area contributed by atoms with Gasteiger partial charge in [-0.25, -0.2) is 0 Å². The molecule has 1 aliphatic heterocycles. The van der Waals surface area contributed by atoms with Crippen LogP contribution in [0.25, 0.3) is 10.9 Å². The van der Waals surface area contributed by atoms with E-state index in [2.05, 4.69) is 19.9 Å². The number of benzene rings is 1. The van der Waals surface area contributed by atoms with Crippen LogP contribution in [-0.2, 0) is 11.2 Å². The molecule has 4 rings (SSSR count). The quantitative estimate of drug-likeness (QED) is 0.469. The largest absolute Gasteiger partial charge is 0.497 e. The first-order valence-corrected chi connectivity index (χ1v) is 11.9. The number of aliphatic carboxylic acids is 1. The van der Waals surface area contributed by atoms with Gasteiger partial charge in [0, 0.05) is 36.7 Å². The van der Waals surface area contributed by atoms with E-state index < -0.39 is 18.0 Å². The molecule has 8 nitrogen and oxygen atoms in total. The third-order valence-corrected chi connectivity index (χ3v) is 6.83. The summed E-state index contributed by atoms with van der Waals surface area (Å²) in [6.07, 6.45) is 9.91. The average Bonchev–Trinajstić information content (AvgIpc) is 2.87. The molecule has 1 fully saturated rings. The third kappa shape index (κ3) is 5.87. The third-order valence-electron chi connectivity index (χ3n) is 6.83. The number of likely N-dealkylation sites (tertiary alicyclic amines) is 1. The molecule has 3 heterocycles. The zero-order valence-corrected chi connectivity index (χ0v) is 19.5. The highest BCUT2D eigenvalue weighted by molar-refractivity contribution is 5.83. The lowest BCUT2D eigenvalue weighted by molar-refractivity contribution is -0.146. The Morgan fingerprint density at radius 3 is 2.88 bits per heavy atom. The average molecular weight is 465 g/mol. The number of piperidine rings is 1. The molecule has 1 aromatic carbocycles. The van der Waals surface area contributed by atoms with Crippen LogP contribution in [0.4, 0.5) is 0 Å². The lowest BCUT2D eigenvalue weighted by Gasteiger charge is -2.37. The standard InChI is InChI=1S/C26H32N4O4/c1-34-20-5-6-24-22(15-20)21(8-10-29-24)25(31)7-4-18-9-14-30(17-23(18)26(32)33)13-2-3-19-16-27-11-12-28-19/h5-6,8,10-12,15-16,18,23,25,31H,2-4,7,9,13-14,17H2,1H3,(H,32,33)/t18-,23+,25-/m1/s1. The number of nitrogens with zero attached hydrogens (tertiary/aromatic N) is 4.